The van der Waals surface area contributed by atoms with Gasteiger partial charge in [0.15, 0.2) is 11.5 Å². The minimum atomic E-state index is -0.403. The van der Waals surface area contributed by atoms with Gasteiger partial charge in [-0.25, -0.2) is 14.3 Å². The van der Waals surface area contributed by atoms with Crippen molar-refractivity contribution in [3.63, 3.8) is 0 Å². The fourth-order valence-corrected chi connectivity index (χ4v) is 3.81. The minimum Gasteiger partial charge on any atom is -0.465 e. The molecule has 0 amide bonds. The Morgan fingerprint density at radius 2 is 2.15 bits per heavy atom. The number of hydrogen-bond donors (Lipinski definition) is 0. The first-order valence-electron chi connectivity index (χ1n) is 8.57. The quantitative estimate of drug-likeness (QED) is 0.639. The van der Waals surface area contributed by atoms with Crippen LogP contribution in [0.3, 0.4) is 0 Å². The van der Waals surface area contributed by atoms with Crippen LogP contribution < -0.4 is 0 Å². The number of carbonyl (C=O) groups is 1. The lowest BCUT2D eigenvalue weighted by Crippen LogP contribution is -2.37. The second-order valence-corrected chi connectivity index (χ2v) is 7.02. The fourth-order valence-electron chi connectivity index (χ4n) is 3.07. The summed E-state index contributed by atoms with van der Waals surface area (Å²) in [5.74, 6) is 0.325. The zero-order chi connectivity index (χ0) is 17.9. The van der Waals surface area contributed by atoms with Gasteiger partial charge in [0.2, 0.25) is 0 Å². The number of carbonyl (C=O) groups excluding carboxylic acids is 1. The van der Waals surface area contributed by atoms with Gasteiger partial charge >= 0.3 is 5.97 Å². The van der Waals surface area contributed by atoms with Crippen molar-refractivity contribution in [1.82, 2.24) is 19.5 Å². The average molecular weight is 372 g/mol. The van der Waals surface area contributed by atoms with E-state index in [1.807, 2.05) is 23.6 Å². The number of rotatable bonds is 5. The molecule has 3 aromatic rings. The van der Waals surface area contributed by atoms with Crippen LogP contribution in [0.1, 0.15) is 16.2 Å². The number of methoxy groups -OCH3 is 1. The molecular weight excluding hydrogens is 352 g/mol. The van der Waals surface area contributed by atoms with Crippen molar-refractivity contribution >= 4 is 23.0 Å². The molecule has 7 nitrogen and oxygen atoms in total. The van der Waals surface area contributed by atoms with E-state index >= 15 is 0 Å². The Balaban J connectivity index is 1.68. The van der Waals surface area contributed by atoms with Gasteiger partial charge in [0, 0.05) is 26.1 Å². The highest BCUT2D eigenvalue weighted by Crippen LogP contribution is 2.26. The van der Waals surface area contributed by atoms with Crippen molar-refractivity contribution in [2.45, 2.75) is 6.42 Å². The van der Waals surface area contributed by atoms with Crippen LogP contribution in [0, 0.1) is 0 Å². The molecule has 1 saturated heterocycles. The Hall–Kier alpha value is -2.29. The zero-order valence-corrected chi connectivity index (χ0v) is 15.4. The molecule has 26 heavy (non-hydrogen) atoms. The molecular formula is C18H20N4O3S. The summed E-state index contributed by atoms with van der Waals surface area (Å²) in [6, 6.07) is 7.69. The van der Waals surface area contributed by atoms with Gasteiger partial charge < -0.3 is 9.47 Å². The Morgan fingerprint density at radius 3 is 2.88 bits per heavy atom. The van der Waals surface area contributed by atoms with Crippen LogP contribution in [0.4, 0.5) is 0 Å². The summed E-state index contributed by atoms with van der Waals surface area (Å²) >= 11 is 1.63. The van der Waals surface area contributed by atoms with Crippen LogP contribution in [0.15, 0.2) is 29.6 Å². The van der Waals surface area contributed by atoms with E-state index < -0.39 is 5.97 Å². The number of aromatic nitrogens is 3. The first-order chi connectivity index (χ1) is 12.8. The molecule has 0 unspecified atom stereocenters. The predicted molar refractivity (Wildman–Crippen MR) is 98.6 cm³/mol. The summed E-state index contributed by atoms with van der Waals surface area (Å²) in [6.07, 6.45) is 0.728. The second kappa shape index (κ2) is 7.53. The lowest BCUT2D eigenvalue weighted by molar-refractivity contribution is 0.0382. The number of thiophene rings is 1. The largest absolute Gasteiger partial charge is 0.465 e. The molecule has 3 aromatic heterocycles. The molecule has 136 valence electrons. The number of morpholine rings is 1. The molecule has 8 heteroatoms. The normalized spacial score (nSPS) is 15.4. The molecule has 1 aliphatic heterocycles. The van der Waals surface area contributed by atoms with Crippen molar-refractivity contribution in [3.05, 3.63) is 41.0 Å². The maximum atomic E-state index is 12.1. The number of esters is 1. The Kier molecular flexibility index (Phi) is 4.96. The van der Waals surface area contributed by atoms with Crippen LogP contribution in [-0.4, -0.2) is 65.4 Å². The SMILES string of the molecule is COC(=O)c1ccc(-c2cccs2)n2nc(CCN3CCOCC3)nc12. The third kappa shape index (κ3) is 3.35. The molecule has 0 spiro atoms. The first-order valence-corrected chi connectivity index (χ1v) is 9.45. The molecule has 0 atom stereocenters. The summed E-state index contributed by atoms with van der Waals surface area (Å²) in [5, 5.41) is 6.70. The molecule has 0 radical (unpaired) electrons. The number of ether oxygens (including phenoxy) is 2. The molecule has 0 saturated carbocycles. The van der Waals surface area contributed by atoms with Crippen molar-refractivity contribution in [3.8, 4) is 10.6 Å². The zero-order valence-electron chi connectivity index (χ0n) is 14.6. The van der Waals surface area contributed by atoms with Crippen molar-refractivity contribution in [1.29, 1.82) is 0 Å². The van der Waals surface area contributed by atoms with Crippen LogP contribution in [-0.2, 0) is 15.9 Å². The molecule has 4 rings (SSSR count). The van der Waals surface area contributed by atoms with E-state index in [2.05, 4.69) is 15.0 Å². The standard InChI is InChI=1S/C18H20N4O3S/c1-24-18(23)13-4-5-14(15-3-2-12-26-15)22-17(13)19-16(20-22)6-7-21-8-10-25-11-9-21/h2-5,12H,6-11H2,1H3. The Bertz CT molecular complexity index is 901. The third-order valence-electron chi connectivity index (χ3n) is 4.46. The van der Waals surface area contributed by atoms with Crippen LogP contribution >= 0.6 is 11.3 Å². The van der Waals surface area contributed by atoms with E-state index in [-0.39, 0.29) is 0 Å². The minimum absolute atomic E-state index is 0.403. The maximum Gasteiger partial charge on any atom is 0.341 e. The average Bonchev–Trinajstić information content (AvgIpc) is 3.35. The van der Waals surface area contributed by atoms with Crippen LogP contribution in [0.2, 0.25) is 0 Å². The first kappa shape index (κ1) is 17.1. The van der Waals surface area contributed by atoms with E-state index in [4.69, 9.17) is 9.47 Å². The van der Waals surface area contributed by atoms with Gasteiger partial charge in [-0.2, -0.15) is 5.10 Å². The van der Waals surface area contributed by atoms with Gasteiger partial charge in [0.05, 0.1) is 30.9 Å². The topological polar surface area (TPSA) is 69.0 Å². The molecule has 1 fully saturated rings. The van der Waals surface area contributed by atoms with E-state index in [9.17, 15) is 4.79 Å². The van der Waals surface area contributed by atoms with Gasteiger partial charge in [0.1, 0.15) is 5.56 Å². The molecule has 0 aromatic carbocycles. The molecule has 0 N–H and O–H groups in total. The van der Waals surface area contributed by atoms with Crippen molar-refractivity contribution in [2.75, 3.05) is 40.0 Å². The summed E-state index contributed by atoms with van der Waals surface area (Å²) in [4.78, 5) is 20.2. The van der Waals surface area contributed by atoms with Gasteiger partial charge in [-0.3, -0.25) is 4.90 Å². The number of fused-ring (bicyclic) bond motifs is 1. The van der Waals surface area contributed by atoms with E-state index in [0.29, 0.717) is 11.2 Å². The maximum absolute atomic E-state index is 12.1. The van der Waals surface area contributed by atoms with Crippen molar-refractivity contribution in [2.24, 2.45) is 0 Å². The lowest BCUT2D eigenvalue weighted by atomic mass is 10.2. The number of hydrogen-bond acceptors (Lipinski definition) is 7. The van der Waals surface area contributed by atoms with Gasteiger partial charge in [0.25, 0.3) is 0 Å². The van der Waals surface area contributed by atoms with Gasteiger partial charge in [-0.15, -0.1) is 11.3 Å². The van der Waals surface area contributed by atoms with E-state index in [1.54, 1.807) is 21.9 Å². The summed E-state index contributed by atoms with van der Waals surface area (Å²) < 4.78 is 12.0. The monoisotopic (exact) mass is 372 g/mol. The highest BCUT2D eigenvalue weighted by Gasteiger charge is 2.19. The molecule has 0 bridgehead atoms. The van der Waals surface area contributed by atoms with Gasteiger partial charge in [-0.1, -0.05) is 6.07 Å². The molecule has 4 heterocycles. The molecule has 1 aliphatic rings. The Morgan fingerprint density at radius 1 is 1.31 bits per heavy atom. The number of nitrogens with zero attached hydrogens (tertiary/aromatic N) is 4. The predicted octanol–water partition coefficient (Wildman–Crippen LogP) is 2.12. The smallest absolute Gasteiger partial charge is 0.341 e. The number of pyridine rings is 1. The van der Waals surface area contributed by atoms with Gasteiger partial charge in [-0.05, 0) is 23.6 Å². The summed E-state index contributed by atoms with van der Waals surface area (Å²) in [7, 11) is 1.38. The van der Waals surface area contributed by atoms with Crippen LogP contribution in [0.5, 0.6) is 0 Å². The summed E-state index contributed by atoms with van der Waals surface area (Å²) in [5.41, 5.74) is 1.89. The van der Waals surface area contributed by atoms with Crippen molar-refractivity contribution < 1.29 is 14.3 Å². The highest BCUT2D eigenvalue weighted by atomic mass is 32.1. The Labute approximate surface area is 155 Å². The highest BCUT2D eigenvalue weighted by molar-refractivity contribution is 7.13. The third-order valence-corrected chi connectivity index (χ3v) is 5.35. The molecule has 0 aliphatic carbocycles. The summed E-state index contributed by atoms with van der Waals surface area (Å²) in [6.45, 7) is 4.28. The van der Waals surface area contributed by atoms with E-state index in [1.165, 1.54) is 7.11 Å². The second-order valence-electron chi connectivity index (χ2n) is 6.07. The lowest BCUT2D eigenvalue weighted by Gasteiger charge is -2.25. The van der Waals surface area contributed by atoms with E-state index in [0.717, 1.165) is 55.7 Å². The van der Waals surface area contributed by atoms with Crippen LogP contribution in [0.25, 0.3) is 16.2 Å². The fraction of sp³-hybridized carbons (Fsp3) is 0.389.